The Hall–Kier alpha value is -3.80. The molecular formula is C25H23N3O3. The number of carbonyl (C=O) groups is 1. The van der Waals surface area contributed by atoms with E-state index in [-0.39, 0.29) is 18.7 Å². The van der Waals surface area contributed by atoms with Crippen molar-refractivity contribution in [2.45, 2.75) is 26.4 Å². The standard InChI is InChI=1S/C25H23N3O3/c1-3-18-9-12-20(13-10-18)27-24(17(2)29)26-28(21-7-5-4-6-8-21)25(27)19-11-14-22-23(15-19)31-16-30-22/h4-15,25H,3,16H2,1-2H3/t25-/m0/s1. The van der Waals surface area contributed by atoms with Gasteiger partial charge in [-0.3, -0.25) is 9.69 Å². The highest BCUT2D eigenvalue weighted by atomic mass is 16.7. The topological polar surface area (TPSA) is 54.4 Å². The van der Waals surface area contributed by atoms with Crippen LogP contribution in [-0.4, -0.2) is 18.4 Å². The zero-order chi connectivity index (χ0) is 21.4. The van der Waals surface area contributed by atoms with Gasteiger partial charge in [0.25, 0.3) is 0 Å². The van der Waals surface area contributed by atoms with E-state index >= 15 is 0 Å². The van der Waals surface area contributed by atoms with Crippen LogP contribution in [0.25, 0.3) is 0 Å². The molecular weight excluding hydrogens is 390 g/mol. The lowest BCUT2D eigenvalue weighted by molar-refractivity contribution is -0.111. The minimum absolute atomic E-state index is 0.0938. The predicted octanol–water partition coefficient (Wildman–Crippen LogP) is 4.91. The number of ketones is 1. The molecule has 0 fully saturated rings. The molecule has 3 aromatic carbocycles. The fraction of sp³-hybridized carbons (Fsp3) is 0.200. The van der Waals surface area contributed by atoms with Gasteiger partial charge < -0.3 is 9.47 Å². The summed E-state index contributed by atoms with van der Waals surface area (Å²) in [7, 11) is 0. The predicted molar refractivity (Wildman–Crippen MR) is 121 cm³/mol. The quantitative estimate of drug-likeness (QED) is 0.595. The SMILES string of the molecule is CCc1ccc(N2C(C(C)=O)=NN(c3ccccc3)[C@H]2c2ccc3c(c2)OCO3)cc1. The average Bonchev–Trinajstić information content (AvgIpc) is 3.44. The van der Waals surface area contributed by atoms with Gasteiger partial charge in [-0.05, 0) is 48.4 Å². The summed E-state index contributed by atoms with van der Waals surface area (Å²) in [6.07, 6.45) is 0.610. The van der Waals surface area contributed by atoms with Gasteiger partial charge >= 0.3 is 0 Å². The van der Waals surface area contributed by atoms with E-state index in [9.17, 15) is 4.79 Å². The molecule has 0 N–H and O–H groups in total. The molecule has 3 aromatic rings. The van der Waals surface area contributed by atoms with Crippen LogP contribution in [0.5, 0.6) is 11.5 Å². The van der Waals surface area contributed by atoms with Crippen LogP contribution in [-0.2, 0) is 11.2 Å². The molecule has 1 atom stereocenters. The molecule has 2 aliphatic rings. The third kappa shape index (κ3) is 3.40. The second-order valence-electron chi connectivity index (χ2n) is 7.54. The van der Waals surface area contributed by atoms with Crippen LogP contribution < -0.4 is 19.4 Å². The number of hydrazone groups is 1. The fourth-order valence-corrected chi connectivity index (χ4v) is 3.97. The highest BCUT2D eigenvalue weighted by Gasteiger charge is 2.39. The number of carbonyl (C=O) groups excluding carboxylic acids is 1. The third-order valence-electron chi connectivity index (χ3n) is 5.56. The molecule has 0 unspecified atom stereocenters. The molecule has 6 nitrogen and oxygen atoms in total. The number of rotatable bonds is 5. The van der Waals surface area contributed by atoms with E-state index < -0.39 is 0 Å². The highest BCUT2D eigenvalue weighted by molar-refractivity contribution is 6.44. The van der Waals surface area contributed by atoms with Gasteiger partial charge in [0.05, 0.1) is 5.69 Å². The molecule has 5 rings (SSSR count). The van der Waals surface area contributed by atoms with Crippen LogP contribution in [0.3, 0.4) is 0 Å². The van der Waals surface area contributed by atoms with Crippen molar-refractivity contribution >= 4 is 23.0 Å². The summed E-state index contributed by atoms with van der Waals surface area (Å²) in [5, 5.41) is 6.65. The average molecular weight is 413 g/mol. The summed E-state index contributed by atoms with van der Waals surface area (Å²) in [4.78, 5) is 14.6. The molecule has 156 valence electrons. The van der Waals surface area contributed by atoms with E-state index in [0.29, 0.717) is 11.6 Å². The molecule has 31 heavy (non-hydrogen) atoms. The summed E-state index contributed by atoms with van der Waals surface area (Å²) in [6.45, 7) is 3.89. The van der Waals surface area contributed by atoms with Crippen molar-refractivity contribution in [3.05, 3.63) is 83.9 Å². The number of nitrogens with zero attached hydrogens (tertiary/aromatic N) is 3. The van der Waals surface area contributed by atoms with Gasteiger partial charge in [-0.15, -0.1) is 5.10 Å². The molecule has 0 radical (unpaired) electrons. The first kappa shape index (κ1) is 19.2. The maximum atomic E-state index is 12.7. The number of hydrogen-bond donors (Lipinski definition) is 0. The summed E-state index contributed by atoms with van der Waals surface area (Å²) >= 11 is 0. The second kappa shape index (κ2) is 7.80. The zero-order valence-electron chi connectivity index (χ0n) is 17.5. The zero-order valence-corrected chi connectivity index (χ0v) is 17.5. The Kier molecular flexibility index (Phi) is 4.82. The van der Waals surface area contributed by atoms with E-state index in [0.717, 1.165) is 29.1 Å². The van der Waals surface area contributed by atoms with E-state index in [1.807, 2.05) is 70.6 Å². The number of Topliss-reactive ketones (excluding diaryl/α,β-unsaturated/α-hetero) is 1. The summed E-state index contributed by atoms with van der Waals surface area (Å²) in [6, 6.07) is 24.0. The highest BCUT2D eigenvalue weighted by Crippen LogP contribution is 2.42. The van der Waals surface area contributed by atoms with Crippen molar-refractivity contribution in [2.75, 3.05) is 16.7 Å². The lowest BCUT2D eigenvalue weighted by atomic mass is 10.1. The van der Waals surface area contributed by atoms with Crippen LogP contribution in [0.1, 0.15) is 31.1 Å². The van der Waals surface area contributed by atoms with Crippen molar-refractivity contribution in [2.24, 2.45) is 5.10 Å². The van der Waals surface area contributed by atoms with Gasteiger partial charge in [0.2, 0.25) is 6.79 Å². The minimum Gasteiger partial charge on any atom is -0.454 e. The van der Waals surface area contributed by atoms with Crippen molar-refractivity contribution in [1.29, 1.82) is 0 Å². The lowest BCUT2D eigenvalue weighted by Crippen LogP contribution is -2.37. The second-order valence-corrected chi connectivity index (χ2v) is 7.54. The number of hydrogen-bond acceptors (Lipinski definition) is 6. The number of benzene rings is 3. The largest absolute Gasteiger partial charge is 0.454 e. The Labute approximate surface area is 181 Å². The molecule has 0 aromatic heterocycles. The molecule has 6 heteroatoms. The first-order valence-corrected chi connectivity index (χ1v) is 10.4. The maximum Gasteiger partial charge on any atom is 0.231 e. The van der Waals surface area contributed by atoms with Gasteiger partial charge in [-0.2, -0.15) is 0 Å². The van der Waals surface area contributed by atoms with E-state index in [1.54, 1.807) is 6.92 Å². The van der Waals surface area contributed by atoms with Crippen LogP contribution in [0.4, 0.5) is 11.4 Å². The normalized spacial score (nSPS) is 17.1. The van der Waals surface area contributed by atoms with Gasteiger partial charge in [-0.1, -0.05) is 43.3 Å². The molecule has 0 aliphatic carbocycles. The van der Waals surface area contributed by atoms with Crippen LogP contribution in [0.2, 0.25) is 0 Å². The van der Waals surface area contributed by atoms with Gasteiger partial charge in [0, 0.05) is 18.2 Å². The van der Waals surface area contributed by atoms with E-state index in [1.165, 1.54) is 5.56 Å². The molecule has 0 spiro atoms. The lowest BCUT2D eigenvalue weighted by Gasteiger charge is -2.32. The number of para-hydroxylation sites is 1. The van der Waals surface area contributed by atoms with Crippen LogP contribution in [0, 0.1) is 0 Å². The number of aryl methyl sites for hydroxylation is 1. The van der Waals surface area contributed by atoms with Crippen molar-refractivity contribution in [3.8, 4) is 11.5 Å². The molecule has 0 saturated heterocycles. The monoisotopic (exact) mass is 413 g/mol. The minimum atomic E-state index is -0.344. The Morgan fingerprint density at radius 1 is 0.968 bits per heavy atom. The third-order valence-corrected chi connectivity index (χ3v) is 5.56. The Balaban J connectivity index is 1.66. The van der Waals surface area contributed by atoms with Crippen LogP contribution in [0.15, 0.2) is 77.9 Å². The van der Waals surface area contributed by atoms with E-state index in [2.05, 4.69) is 19.1 Å². The van der Waals surface area contributed by atoms with Crippen molar-refractivity contribution < 1.29 is 14.3 Å². The first-order valence-electron chi connectivity index (χ1n) is 10.4. The van der Waals surface area contributed by atoms with Crippen molar-refractivity contribution in [1.82, 2.24) is 0 Å². The molecule has 0 saturated carbocycles. The van der Waals surface area contributed by atoms with Crippen LogP contribution >= 0.6 is 0 Å². The number of amidine groups is 1. The molecule has 0 amide bonds. The number of fused-ring (bicyclic) bond motifs is 1. The number of anilines is 2. The molecule has 0 bridgehead atoms. The Morgan fingerprint density at radius 3 is 2.42 bits per heavy atom. The van der Waals surface area contributed by atoms with Gasteiger partial charge in [0.15, 0.2) is 29.3 Å². The van der Waals surface area contributed by atoms with Gasteiger partial charge in [0.1, 0.15) is 0 Å². The van der Waals surface area contributed by atoms with Gasteiger partial charge in [-0.25, -0.2) is 5.01 Å². The van der Waals surface area contributed by atoms with Crippen molar-refractivity contribution in [3.63, 3.8) is 0 Å². The summed E-state index contributed by atoms with van der Waals surface area (Å²) in [5.41, 5.74) is 4.00. The number of ether oxygens (including phenoxy) is 2. The summed E-state index contributed by atoms with van der Waals surface area (Å²) in [5.74, 6) is 1.72. The fourth-order valence-electron chi connectivity index (χ4n) is 3.97. The smallest absolute Gasteiger partial charge is 0.231 e. The Bertz CT molecular complexity index is 1140. The molecule has 2 heterocycles. The maximum absolute atomic E-state index is 12.7. The molecule has 2 aliphatic heterocycles. The summed E-state index contributed by atoms with van der Waals surface area (Å²) < 4.78 is 11.1. The Morgan fingerprint density at radius 2 is 1.71 bits per heavy atom. The van der Waals surface area contributed by atoms with E-state index in [4.69, 9.17) is 14.6 Å². The first-order chi connectivity index (χ1) is 15.2.